The Bertz CT molecular complexity index is 1450. The Morgan fingerprint density at radius 1 is 1.02 bits per heavy atom. The van der Waals surface area contributed by atoms with Gasteiger partial charge in [0.1, 0.15) is 12.8 Å². The van der Waals surface area contributed by atoms with E-state index < -0.39 is 11.6 Å². The van der Waals surface area contributed by atoms with Gasteiger partial charge >= 0.3 is 0 Å². The first-order chi connectivity index (χ1) is 22.6. The zero-order valence-electron chi connectivity index (χ0n) is 28.2. The van der Waals surface area contributed by atoms with E-state index in [-0.39, 0.29) is 36.0 Å². The number of pyridine rings is 1. The normalized spacial score (nSPS) is 21.5. The van der Waals surface area contributed by atoms with Crippen molar-refractivity contribution in [2.45, 2.75) is 76.4 Å². The predicted molar refractivity (Wildman–Crippen MR) is 180 cm³/mol. The van der Waals surface area contributed by atoms with E-state index in [0.29, 0.717) is 39.2 Å². The summed E-state index contributed by atoms with van der Waals surface area (Å²) in [6.45, 7) is 7.63. The van der Waals surface area contributed by atoms with Gasteiger partial charge in [-0.05, 0) is 61.9 Å². The Balaban J connectivity index is 1.32. The molecular formula is C37H49N5O5. The molecule has 2 N–H and O–H groups in total. The van der Waals surface area contributed by atoms with Crippen LogP contribution < -0.4 is 10.6 Å². The van der Waals surface area contributed by atoms with Crippen LogP contribution >= 0.6 is 0 Å². The predicted octanol–water partition coefficient (Wildman–Crippen LogP) is 4.06. The molecule has 1 aliphatic carbocycles. The molecule has 5 atom stereocenters. The second-order valence-electron chi connectivity index (χ2n) is 13.6. The molecule has 2 heterocycles. The van der Waals surface area contributed by atoms with E-state index in [9.17, 15) is 9.59 Å². The molecule has 10 heteroatoms. The Morgan fingerprint density at radius 2 is 1.77 bits per heavy atom. The average Bonchev–Trinajstić information content (AvgIpc) is 3.42. The summed E-state index contributed by atoms with van der Waals surface area (Å²) in [7, 11) is 3.35. The number of hydrogen-bond donors (Lipinski definition) is 2. The lowest BCUT2D eigenvalue weighted by atomic mass is 9.91. The fourth-order valence-electron chi connectivity index (χ4n) is 6.51. The molecule has 0 spiro atoms. The third-order valence-electron chi connectivity index (χ3n) is 8.86. The summed E-state index contributed by atoms with van der Waals surface area (Å²) >= 11 is 0. The first-order valence-corrected chi connectivity index (χ1v) is 16.4. The SMILES string of the molecule is COC(CC(Cc1ccccc1)C(=O)NC1c2ccccc2CC1OC)CN1OCN(Cc2cccnc2)CC1C(=O)NC(C)(C)C. The molecule has 0 saturated carbocycles. The number of fused-ring (bicyclic) bond motifs is 1. The number of rotatable bonds is 13. The summed E-state index contributed by atoms with van der Waals surface area (Å²) in [5.74, 6) is -0.558. The van der Waals surface area contributed by atoms with E-state index in [2.05, 4.69) is 32.7 Å². The summed E-state index contributed by atoms with van der Waals surface area (Å²) in [6, 6.07) is 21.3. The molecule has 2 aromatic carbocycles. The molecule has 5 rings (SSSR count). The Kier molecular flexibility index (Phi) is 11.8. The van der Waals surface area contributed by atoms with Crippen LogP contribution in [0.3, 0.4) is 0 Å². The van der Waals surface area contributed by atoms with Crippen LogP contribution in [0.25, 0.3) is 0 Å². The molecule has 3 aromatic rings. The Labute approximate surface area is 278 Å². The average molecular weight is 644 g/mol. The molecule has 1 saturated heterocycles. The number of carbonyl (C=O) groups is 2. The van der Waals surface area contributed by atoms with Gasteiger partial charge in [0.15, 0.2) is 0 Å². The first kappa shape index (κ1) is 34.7. The van der Waals surface area contributed by atoms with Crippen molar-refractivity contribution in [2.24, 2.45) is 5.92 Å². The van der Waals surface area contributed by atoms with Crippen LogP contribution in [0.2, 0.25) is 0 Å². The summed E-state index contributed by atoms with van der Waals surface area (Å²) < 4.78 is 11.8. The van der Waals surface area contributed by atoms with Crippen molar-refractivity contribution in [1.29, 1.82) is 0 Å². The quantitative estimate of drug-likeness (QED) is 0.288. The van der Waals surface area contributed by atoms with E-state index >= 15 is 0 Å². The molecule has 1 fully saturated rings. The van der Waals surface area contributed by atoms with E-state index in [1.807, 2.05) is 81.6 Å². The van der Waals surface area contributed by atoms with E-state index in [1.54, 1.807) is 25.5 Å². The summed E-state index contributed by atoms with van der Waals surface area (Å²) in [5, 5.41) is 8.20. The van der Waals surface area contributed by atoms with E-state index in [1.165, 1.54) is 5.56 Å². The largest absolute Gasteiger partial charge is 0.380 e. The Morgan fingerprint density at radius 3 is 2.47 bits per heavy atom. The molecule has 2 amide bonds. The zero-order valence-corrected chi connectivity index (χ0v) is 28.2. The molecule has 10 nitrogen and oxygen atoms in total. The van der Waals surface area contributed by atoms with Gasteiger partial charge in [-0.15, -0.1) is 0 Å². The van der Waals surface area contributed by atoms with Gasteiger partial charge in [0.25, 0.3) is 0 Å². The van der Waals surface area contributed by atoms with E-state index in [4.69, 9.17) is 14.3 Å². The highest BCUT2D eigenvalue weighted by atomic mass is 16.7. The molecule has 0 bridgehead atoms. The standard InChI is InChI=1S/C37H49N5O5/c1-37(2,3)40-36(44)32-24-41(22-27-14-11-17-38-21-27)25-47-42(32)23-30(45-4)19-29(18-26-12-7-6-8-13-26)35(43)39-34-31-16-10-9-15-28(31)20-33(34)46-5/h6-17,21,29-30,32-34H,18-20,22-25H2,1-5H3,(H,39,43)(H,40,44). The van der Waals surface area contributed by atoms with Crippen molar-refractivity contribution >= 4 is 11.8 Å². The van der Waals surface area contributed by atoms with Gasteiger partial charge in [-0.2, -0.15) is 5.06 Å². The minimum absolute atomic E-state index is 0.0520. The topological polar surface area (TPSA) is 105 Å². The highest BCUT2D eigenvalue weighted by molar-refractivity contribution is 5.82. The van der Waals surface area contributed by atoms with Crippen molar-refractivity contribution in [3.05, 3.63) is 101 Å². The van der Waals surface area contributed by atoms with Gasteiger partial charge in [-0.1, -0.05) is 60.7 Å². The van der Waals surface area contributed by atoms with Gasteiger partial charge in [0.2, 0.25) is 11.8 Å². The van der Waals surface area contributed by atoms with Gasteiger partial charge in [-0.3, -0.25) is 24.3 Å². The molecule has 47 heavy (non-hydrogen) atoms. The molecular weight excluding hydrogens is 594 g/mol. The highest BCUT2D eigenvalue weighted by Gasteiger charge is 2.39. The van der Waals surface area contributed by atoms with E-state index in [0.717, 1.165) is 23.1 Å². The number of methoxy groups -OCH3 is 2. The van der Waals surface area contributed by atoms with Crippen molar-refractivity contribution in [2.75, 3.05) is 34.0 Å². The summed E-state index contributed by atoms with van der Waals surface area (Å²) in [5.41, 5.74) is 4.00. The maximum atomic E-state index is 14.1. The number of nitrogens with one attached hydrogen (secondary N) is 2. The van der Waals surface area contributed by atoms with Crippen LogP contribution in [0.4, 0.5) is 0 Å². The number of hydrogen-bond acceptors (Lipinski definition) is 8. The van der Waals surface area contributed by atoms with Gasteiger partial charge in [-0.25, -0.2) is 0 Å². The number of nitrogens with zero attached hydrogens (tertiary/aromatic N) is 3. The Hall–Kier alpha value is -3.67. The van der Waals surface area contributed by atoms with Crippen LogP contribution in [0, 0.1) is 5.92 Å². The maximum absolute atomic E-state index is 14.1. The maximum Gasteiger partial charge on any atom is 0.241 e. The number of carbonyl (C=O) groups excluding carboxylic acids is 2. The second kappa shape index (κ2) is 16.0. The third kappa shape index (κ3) is 9.46. The molecule has 2 aliphatic rings. The lowest BCUT2D eigenvalue weighted by Gasteiger charge is -2.41. The monoisotopic (exact) mass is 643 g/mol. The summed E-state index contributed by atoms with van der Waals surface area (Å²) in [6.07, 6.45) is 4.81. The van der Waals surface area contributed by atoms with Gasteiger partial charge < -0.3 is 20.1 Å². The molecule has 252 valence electrons. The zero-order chi connectivity index (χ0) is 33.4. The van der Waals surface area contributed by atoms with Crippen molar-refractivity contribution in [1.82, 2.24) is 25.6 Å². The lowest BCUT2D eigenvalue weighted by molar-refractivity contribution is -0.259. The number of hydroxylamine groups is 2. The fraction of sp³-hybridized carbons (Fsp3) is 0.486. The first-order valence-electron chi connectivity index (χ1n) is 16.4. The minimum atomic E-state index is -0.573. The molecule has 1 aliphatic heterocycles. The number of benzene rings is 2. The second-order valence-corrected chi connectivity index (χ2v) is 13.6. The molecule has 0 radical (unpaired) electrons. The van der Waals surface area contributed by atoms with Crippen LogP contribution in [0.1, 0.15) is 55.5 Å². The molecule has 5 unspecified atom stereocenters. The van der Waals surface area contributed by atoms with Crippen molar-refractivity contribution < 1.29 is 23.9 Å². The lowest BCUT2D eigenvalue weighted by Crippen LogP contribution is -2.61. The van der Waals surface area contributed by atoms with Gasteiger partial charge in [0, 0.05) is 57.6 Å². The van der Waals surface area contributed by atoms with Crippen LogP contribution in [0.5, 0.6) is 0 Å². The highest BCUT2D eigenvalue weighted by Crippen LogP contribution is 2.33. The van der Waals surface area contributed by atoms with Crippen LogP contribution in [-0.4, -0.2) is 84.6 Å². The van der Waals surface area contributed by atoms with Crippen molar-refractivity contribution in [3.63, 3.8) is 0 Å². The fourth-order valence-corrected chi connectivity index (χ4v) is 6.51. The minimum Gasteiger partial charge on any atom is -0.380 e. The smallest absolute Gasteiger partial charge is 0.241 e. The number of ether oxygens (including phenoxy) is 2. The van der Waals surface area contributed by atoms with Crippen LogP contribution in [0.15, 0.2) is 79.1 Å². The van der Waals surface area contributed by atoms with Gasteiger partial charge in [0.05, 0.1) is 24.8 Å². The van der Waals surface area contributed by atoms with Crippen molar-refractivity contribution in [3.8, 4) is 0 Å². The number of aromatic nitrogens is 1. The number of amides is 2. The van der Waals surface area contributed by atoms with Crippen LogP contribution in [-0.2, 0) is 43.3 Å². The molecule has 1 aromatic heterocycles. The third-order valence-corrected chi connectivity index (χ3v) is 8.86. The summed E-state index contributed by atoms with van der Waals surface area (Å²) in [4.78, 5) is 40.3.